The molecular formula is C12H11Cl2F3N2O3S. The minimum Gasteiger partial charge on any atom is -0.391 e. The van der Waals surface area contributed by atoms with E-state index in [0.29, 0.717) is 0 Å². The largest absolute Gasteiger partial charge is 0.516 e. The van der Waals surface area contributed by atoms with E-state index >= 15 is 0 Å². The van der Waals surface area contributed by atoms with Gasteiger partial charge in [0.25, 0.3) is 0 Å². The zero-order chi connectivity index (χ0) is 17.7. The van der Waals surface area contributed by atoms with Crippen LogP contribution in [0.4, 0.5) is 18.9 Å². The van der Waals surface area contributed by atoms with Gasteiger partial charge in [0, 0.05) is 16.1 Å². The zero-order valence-electron chi connectivity index (χ0n) is 11.6. The molecule has 1 N–H and O–H groups in total. The minimum atomic E-state index is -5.57. The maximum absolute atomic E-state index is 12.5. The maximum atomic E-state index is 12.5. The number of hydrogen-bond donors (Lipinski definition) is 1. The van der Waals surface area contributed by atoms with Gasteiger partial charge in [0.15, 0.2) is 0 Å². The Balaban J connectivity index is 3.16. The molecule has 0 unspecified atom stereocenters. The van der Waals surface area contributed by atoms with Gasteiger partial charge in [0.2, 0.25) is 0 Å². The monoisotopic (exact) mass is 390 g/mol. The average Bonchev–Trinajstić information content (AvgIpc) is 2.44. The van der Waals surface area contributed by atoms with Crippen molar-refractivity contribution in [3.05, 3.63) is 40.4 Å². The second-order valence-electron chi connectivity index (χ2n) is 4.08. The summed E-state index contributed by atoms with van der Waals surface area (Å²) in [5, 5.41) is 3.84. The van der Waals surface area contributed by atoms with Crippen LogP contribution in [-0.2, 0) is 14.9 Å². The number of oxime groups is 1. The van der Waals surface area contributed by atoms with Crippen LogP contribution in [-0.4, -0.2) is 26.2 Å². The highest BCUT2D eigenvalue weighted by Crippen LogP contribution is 2.28. The van der Waals surface area contributed by atoms with E-state index in [9.17, 15) is 21.6 Å². The van der Waals surface area contributed by atoms with Crippen molar-refractivity contribution in [2.45, 2.75) is 12.4 Å². The van der Waals surface area contributed by atoms with Crippen molar-refractivity contribution in [3.8, 4) is 0 Å². The summed E-state index contributed by atoms with van der Waals surface area (Å²) in [5.41, 5.74) is -4.41. The molecule has 1 aromatic rings. The van der Waals surface area contributed by atoms with E-state index in [0.717, 1.165) is 6.07 Å². The molecule has 0 saturated carbocycles. The number of halogens is 5. The SMILES string of the molecule is C/C(=N\OC/C=C/Cl)c1cc(Cl)ccc1NS(=O)(=O)C(F)(F)F. The third-order valence-corrected chi connectivity index (χ3v) is 3.89. The maximum Gasteiger partial charge on any atom is 0.516 e. The van der Waals surface area contributed by atoms with Gasteiger partial charge in [-0.1, -0.05) is 28.4 Å². The first-order valence-corrected chi connectivity index (χ1v) is 8.19. The molecule has 0 fully saturated rings. The van der Waals surface area contributed by atoms with Gasteiger partial charge in [0.05, 0.1) is 11.4 Å². The Kier molecular flexibility index (Phi) is 6.72. The fourth-order valence-corrected chi connectivity index (χ4v) is 2.20. The van der Waals surface area contributed by atoms with Crippen LogP contribution in [0.15, 0.2) is 35.0 Å². The summed E-state index contributed by atoms with van der Waals surface area (Å²) in [6.45, 7) is 1.45. The number of sulfonamides is 1. The lowest BCUT2D eigenvalue weighted by molar-refractivity contribution is -0.0429. The third kappa shape index (κ3) is 5.60. The van der Waals surface area contributed by atoms with Gasteiger partial charge in [-0.2, -0.15) is 21.6 Å². The summed E-state index contributed by atoms with van der Waals surface area (Å²) in [4.78, 5) is 4.86. The molecule has 0 aliphatic rings. The Hall–Kier alpha value is -1.45. The smallest absolute Gasteiger partial charge is 0.391 e. The van der Waals surface area contributed by atoms with Crippen LogP contribution in [0, 0.1) is 0 Å². The van der Waals surface area contributed by atoms with Crippen LogP contribution in [0.5, 0.6) is 0 Å². The Morgan fingerprint density at radius 2 is 2.09 bits per heavy atom. The van der Waals surface area contributed by atoms with Gasteiger partial charge in [-0.3, -0.25) is 4.72 Å². The first-order chi connectivity index (χ1) is 10.6. The van der Waals surface area contributed by atoms with Gasteiger partial charge >= 0.3 is 15.5 Å². The van der Waals surface area contributed by atoms with Crippen LogP contribution < -0.4 is 4.72 Å². The molecule has 0 spiro atoms. The van der Waals surface area contributed by atoms with E-state index in [1.165, 1.54) is 35.4 Å². The first kappa shape index (κ1) is 19.6. The summed E-state index contributed by atoms with van der Waals surface area (Å²) in [7, 11) is -5.57. The number of benzene rings is 1. The quantitative estimate of drug-likeness (QED) is 0.451. The van der Waals surface area contributed by atoms with Crippen LogP contribution >= 0.6 is 23.2 Å². The highest BCUT2D eigenvalue weighted by atomic mass is 35.5. The zero-order valence-corrected chi connectivity index (χ0v) is 13.9. The lowest BCUT2D eigenvalue weighted by Gasteiger charge is -2.14. The molecule has 23 heavy (non-hydrogen) atoms. The van der Waals surface area contributed by atoms with E-state index in [1.807, 2.05) is 0 Å². The molecule has 5 nitrogen and oxygen atoms in total. The highest BCUT2D eigenvalue weighted by Gasteiger charge is 2.46. The number of hydrogen-bond acceptors (Lipinski definition) is 4. The topological polar surface area (TPSA) is 67.8 Å². The summed E-state index contributed by atoms with van der Waals surface area (Å²) >= 11 is 11.1. The van der Waals surface area contributed by atoms with Gasteiger partial charge in [-0.05, 0) is 31.2 Å². The van der Waals surface area contributed by atoms with Crippen molar-refractivity contribution in [2.24, 2.45) is 5.16 Å². The van der Waals surface area contributed by atoms with E-state index < -0.39 is 15.5 Å². The highest BCUT2D eigenvalue weighted by molar-refractivity contribution is 7.93. The van der Waals surface area contributed by atoms with Gasteiger partial charge in [-0.15, -0.1) is 0 Å². The van der Waals surface area contributed by atoms with Crippen molar-refractivity contribution in [1.82, 2.24) is 0 Å². The Morgan fingerprint density at radius 3 is 2.65 bits per heavy atom. The standard InChI is InChI=1S/C12H11Cl2F3N2O3S/c1-8(18-22-6-2-5-13)10-7-9(14)3-4-11(10)19-23(20,21)12(15,16)17/h2-5,7,19H,6H2,1H3/b5-2+,18-8+. The summed E-state index contributed by atoms with van der Waals surface area (Å²) in [5.74, 6) is 0. The Bertz CT molecular complexity index is 719. The Morgan fingerprint density at radius 1 is 1.43 bits per heavy atom. The number of rotatable bonds is 6. The van der Waals surface area contributed by atoms with Gasteiger partial charge < -0.3 is 4.84 Å². The molecule has 0 amide bonds. The van der Waals surface area contributed by atoms with Crippen molar-refractivity contribution in [3.63, 3.8) is 0 Å². The molecule has 0 radical (unpaired) electrons. The predicted octanol–water partition coefficient (Wildman–Crippen LogP) is 4.09. The summed E-state index contributed by atoms with van der Waals surface area (Å²) < 4.78 is 61.3. The number of alkyl halides is 3. The molecule has 0 bridgehead atoms. The Labute approximate surface area is 140 Å². The molecule has 11 heteroatoms. The van der Waals surface area contributed by atoms with E-state index in [2.05, 4.69) is 5.16 Å². The van der Waals surface area contributed by atoms with Crippen molar-refractivity contribution >= 4 is 44.6 Å². The first-order valence-electron chi connectivity index (χ1n) is 5.89. The molecule has 0 aromatic heterocycles. The van der Waals surface area contributed by atoms with Crippen LogP contribution in [0.1, 0.15) is 12.5 Å². The van der Waals surface area contributed by atoms with Crippen molar-refractivity contribution in [1.29, 1.82) is 0 Å². The number of nitrogens with zero attached hydrogens (tertiary/aromatic N) is 1. The number of anilines is 1. The van der Waals surface area contributed by atoms with Crippen molar-refractivity contribution < 1.29 is 26.4 Å². The molecule has 128 valence electrons. The van der Waals surface area contributed by atoms with Crippen LogP contribution in [0.3, 0.4) is 0 Å². The van der Waals surface area contributed by atoms with Crippen LogP contribution in [0.25, 0.3) is 0 Å². The minimum absolute atomic E-state index is 0.0328. The summed E-state index contributed by atoms with van der Waals surface area (Å²) in [6.07, 6.45) is 1.43. The lowest BCUT2D eigenvalue weighted by atomic mass is 10.1. The van der Waals surface area contributed by atoms with Crippen LogP contribution in [0.2, 0.25) is 5.02 Å². The van der Waals surface area contributed by atoms with Gasteiger partial charge in [0.1, 0.15) is 6.61 Å². The second-order valence-corrected chi connectivity index (χ2v) is 6.44. The van der Waals surface area contributed by atoms with E-state index in [-0.39, 0.29) is 28.6 Å². The van der Waals surface area contributed by atoms with E-state index in [4.69, 9.17) is 28.0 Å². The lowest BCUT2D eigenvalue weighted by Crippen LogP contribution is -2.30. The van der Waals surface area contributed by atoms with Crippen molar-refractivity contribution in [2.75, 3.05) is 11.3 Å². The summed E-state index contributed by atoms with van der Waals surface area (Å²) in [6, 6.07) is 3.59. The molecule has 1 rings (SSSR count). The van der Waals surface area contributed by atoms with E-state index in [1.54, 1.807) is 0 Å². The molecule has 1 aromatic carbocycles. The molecule has 0 aliphatic carbocycles. The second kappa shape index (κ2) is 7.89. The molecule has 0 saturated heterocycles. The predicted molar refractivity (Wildman–Crippen MR) is 83.2 cm³/mol. The molecule has 0 heterocycles. The third-order valence-electron chi connectivity index (χ3n) is 2.38. The normalized spacial score (nSPS) is 13.4. The average molecular weight is 391 g/mol. The molecule has 0 atom stereocenters. The fraction of sp³-hybridized carbons (Fsp3) is 0.250. The molecule has 0 aliphatic heterocycles. The fourth-order valence-electron chi connectivity index (χ4n) is 1.37. The molecular weight excluding hydrogens is 380 g/mol. The van der Waals surface area contributed by atoms with Gasteiger partial charge in [-0.25, -0.2) is 0 Å². The number of nitrogens with one attached hydrogen (secondary N) is 1.